The van der Waals surface area contributed by atoms with E-state index in [9.17, 15) is 13.2 Å². The minimum atomic E-state index is -4.28. The zero-order valence-electron chi connectivity index (χ0n) is 11.8. The minimum Gasteiger partial charge on any atom is -0.446 e. The molecule has 20 heavy (non-hydrogen) atoms. The molecule has 7 heteroatoms. The van der Waals surface area contributed by atoms with Gasteiger partial charge in [0.1, 0.15) is 12.4 Å². The quantitative estimate of drug-likeness (QED) is 0.711. The van der Waals surface area contributed by atoms with E-state index in [2.05, 4.69) is 28.9 Å². The molecule has 0 bridgehead atoms. The van der Waals surface area contributed by atoms with Gasteiger partial charge in [-0.05, 0) is 12.5 Å². The molecule has 1 heterocycles. The number of oxazole rings is 1. The Morgan fingerprint density at radius 2 is 2.10 bits per heavy atom. The Morgan fingerprint density at radius 3 is 2.75 bits per heavy atom. The average molecular weight is 294 g/mol. The van der Waals surface area contributed by atoms with Crippen molar-refractivity contribution < 1.29 is 22.3 Å². The highest BCUT2D eigenvalue weighted by molar-refractivity contribution is 4.94. The number of hydrogen-bond acceptors (Lipinski definition) is 4. The van der Waals surface area contributed by atoms with Crippen LogP contribution in [0, 0.1) is 5.92 Å². The van der Waals surface area contributed by atoms with Crippen LogP contribution in [0.4, 0.5) is 13.2 Å². The molecule has 0 aliphatic heterocycles. The molecule has 0 amide bonds. The lowest BCUT2D eigenvalue weighted by Crippen LogP contribution is -2.22. The lowest BCUT2D eigenvalue weighted by atomic mass is 10.2. The lowest BCUT2D eigenvalue weighted by Gasteiger charge is -2.06. The van der Waals surface area contributed by atoms with Gasteiger partial charge in [-0.1, -0.05) is 13.8 Å². The molecule has 0 aromatic carbocycles. The maximum atomic E-state index is 11.8. The van der Waals surface area contributed by atoms with Gasteiger partial charge in [0, 0.05) is 19.4 Å². The van der Waals surface area contributed by atoms with Crippen molar-refractivity contribution in [1.29, 1.82) is 0 Å². The molecule has 116 valence electrons. The first-order chi connectivity index (χ1) is 9.37. The van der Waals surface area contributed by atoms with E-state index in [-0.39, 0.29) is 6.61 Å². The van der Waals surface area contributed by atoms with E-state index >= 15 is 0 Å². The molecule has 0 radical (unpaired) electrons. The summed E-state index contributed by atoms with van der Waals surface area (Å²) in [6, 6.07) is 0. The SMILES string of the molecule is CC(C)CNCCc1ncc(CCOCC(F)(F)F)o1. The van der Waals surface area contributed by atoms with Gasteiger partial charge in [0.15, 0.2) is 5.89 Å². The molecule has 1 N–H and O–H groups in total. The molecule has 4 nitrogen and oxygen atoms in total. The van der Waals surface area contributed by atoms with Gasteiger partial charge < -0.3 is 14.5 Å². The first-order valence-corrected chi connectivity index (χ1v) is 6.65. The van der Waals surface area contributed by atoms with E-state index < -0.39 is 12.8 Å². The summed E-state index contributed by atoms with van der Waals surface area (Å²) in [6.07, 6.45) is -1.79. The van der Waals surface area contributed by atoms with Crippen LogP contribution in [-0.2, 0) is 17.6 Å². The third-order valence-electron chi connectivity index (χ3n) is 2.43. The summed E-state index contributed by atoms with van der Waals surface area (Å²) in [6.45, 7) is 4.68. The third-order valence-corrected chi connectivity index (χ3v) is 2.43. The Hall–Kier alpha value is -1.08. The molecule has 0 aliphatic carbocycles. The van der Waals surface area contributed by atoms with Crippen LogP contribution >= 0.6 is 0 Å². The van der Waals surface area contributed by atoms with Crippen LogP contribution in [0.3, 0.4) is 0 Å². The van der Waals surface area contributed by atoms with Gasteiger partial charge in [0.2, 0.25) is 0 Å². The summed E-state index contributed by atoms with van der Waals surface area (Å²) < 4.78 is 45.5. The molecular weight excluding hydrogens is 273 g/mol. The molecule has 1 rings (SSSR count). The van der Waals surface area contributed by atoms with Gasteiger partial charge in [-0.25, -0.2) is 4.98 Å². The van der Waals surface area contributed by atoms with E-state index in [0.717, 1.165) is 13.1 Å². The summed E-state index contributed by atoms with van der Waals surface area (Å²) in [5.74, 6) is 1.72. The number of nitrogens with one attached hydrogen (secondary N) is 1. The predicted octanol–water partition coefficient (Wildman–Crippen LogP) is 2.58. The fourth-order valence-electron chi connectivity index (χ4n) is 1.53. The smallest absolute Gasteiger partial charge is 0.411 e. The Kier molecular flexibility index (Phi) is 7.01. The van der Waals surface area contributed by atoms with Crippen molar-refractivity contribution >= 4 is 0 Å². The highest BCUT2D eigenvalue weighted by atomic mass is 19.4. The zero-order chi connectivity index (χ0) is 15.0. The van der Waals surface area contributed by atoms with Crippen LogP contribution in [0.5, 0.6) is 0 Å². The van der Waals surface area contributed by atoms with Crippen LogP contribution in [0.1, 0.15) is 25.5 Å². The molecule has 0 fully saturated rings. The molecule has 0 atom stereocenters. The van der Waals surface area contributed by atoms with Crippen LogP contribution in [0.25, 0.3) is 0 Å². The Balaban J connectivity index is 2.16. The number of rotatable bonds is 9. The maximum absolute atomic E-state index is 11.8. The second-order valence-corrected chi connectivity index (χ2v) is 4.99. The van der Waals surface area contributed by atoms with Gasteiger partial charge in [-0.15, -0.1) is 0 Å². The van der Waals surface area contributed by atoms with Crippen molar-refractivity contribution in [1.82, 2.24) is 10.3 Å². The van der Waals surface area contributed by atoms with Gasteiger partial charge in [0.05, 0.1) is 12.8 Å². The topological polar surface area (TPSA) is 47.3 Å². The van der Waals surface area contributed by atoms with Crippen LogP contribution in [0.15, 0.2) is 10.6 Å². The van der Waals surface area contributed by atoms with E-state index in [1.54, 1.807) is 0 Å². The molecule has 1 aromatic heterocycles. The molecule has 0 saturated carbocycles. The number of halogens is 3. The summed E-state index contributed by atoms with van der Waals surface area (Å²) in [7, 11) is 0. The molecule has 0 saturated heterocycles. The maximum Gasteiger partial charge on any atom is 0.411 e. The number of hydrogen-bond donors (Lipinski definition) is 1. The van der Waals surface area contributed by atoms with Crippen molar-refractivity contribution in [2.75, 3.05) is 26.3 Å². The van der Waals surface area contributed by atoms with E-state index in [4.69, 9.17) is 4.42 Å². The van der Waals surface area contributed by atoms with E-state index in [1.807, 2.05) is 0 Å². The molecule has 0 aliphatic rings. The van der Waals surface area contributed by atoms with Crippen LogP contribution in [0.2, 0.25) is 0 Å². The fourth-order valence-corrected chi connectivity index (χ4v) is 1.53. The Morgan fingerprint density at radius 1 is 1.35 bits per heavy atom. The van der Waals surface area contributed by atoms with Gasteiger partial charge in [0.25, 0.3) is 0 Å². The zero-order valence-corrected chi connectivity index (χ0v) is 11.8. The highest BCUT2D eigenvalue weighted by Gasteiger charge is 2.27. The number of nitrogens with zero attached hydrogens (tertiary/aromatic N) is 1. The average Bonchev–Trinajstić information content (AvgIpc) is 2.77. The van der Waals surface area contributed by atoms with E-state index in [1.165, 1.54) is 6.20 Å². The predicted molar refractivity (Wildman–Crippen MR) is 68.5 cm³/mol. The number of aromatic nitrogens is 1. The number of alkyl halides is 3. The largest absolute Gasteiger partial charge is 0.446 e. The third kappa shape index (κ3) is 8.16. The summed E-state index contributed by atoms with van der Waals surface area (Å²) >= 11 is 0. The second kappa shape index (κ2) is 8.26. The second-order valence-electron chi connectivity index (χ2n) is 4.99. The Bertz CT molecular complexity index is 378. The standard InChI is InChI=1S/C13H21F3N2O2/c1-10(2)7-17-5-3-12-18-8-11(20-12)4-6-19-9-13(14,15)16/h8,10,17H,3-7,9H2,1-2H3. The Labute approximate surface area is 116 Å². The van der Waals surface area contributed by atoms with Crippen molar-refractivity contribution in [3.8, 4) is 0 Å². The minimum absolute atomic E-state index is 0.0280. The first kappa shape index (κ1) is 17.0. The lowest BCUT2D eigenvalue weighted by molar-refractivity contribution is -0.173. The normalized spacial score (nSPS) is 12.3. The van der Waals surface area contributed by atoms with Gasteiger partial charge >= 0.3 is 6.18 Å². The molecule has 0 spiro atoms. The van der Waals surface area contributed by atoms with Crippen molar-refractivity contribution in [2.45, 2.75) is 32.9 Å². The summed E-state index contributed by atoms with van der Waals surface area (Å²) in [5.41, 5.74) is 0. The highest BCUT2D eigenvalue weighted by Crippen LogP contribution is 2.14. The van der Waals surface area contributed by atoms with Crippen LogP contribution < -0.4 is 5.32 Å². The fraction of sp³-hybridized carbons (Fsp3) is 0.769. The molecule has 1 aromatic rings. The summed E-state index contributed by atoms with van der Waals surface area (Å²) in [4.78, 5) is 4.08. The number of ether oxygens (including phenoxy) is 1. The van der Waals surface area contributed by atoms with E-state index in [0.29, 0.717) is 30.4 Å². The van der Waals surface area contributed by atoms with Crippen molar-refractivity contribution in [3.05, 3.63) is 17.8 Å². The van der Waals surface area contributed by atoms with Gasteiger partial charge in [-0.3, -0.25) is 0 Å². The monoisotopic (exact) mass is 294 g/mol. The van der Waals surface area contributed by atoms with Crippen LogP contribution in [-0.4, -0.2) is 37.5 Å². The summed E-state index contributed by atoms with van der Waals surface area (Å²) in [5, 5.41) is 3.26. The molecular formula is C13H21F3N2O2. The first-order valence-electron chi connectivity index (χ1n) is 6.65. The van der Waals surface area contributed by atoms with Crippen molar-refractivity contribution in [2.24, 2.45) is 5.92 Å². The van der Waals surface area contributed by atoms with Gasteiger partial charge in [-0.2, -0.15) is 13.2 Å². The van der Waals surface area contributed by atoms with Crippen molar-refractivity contribution in [3.63, 3.8) is 0 Å². The molecule has 0 unspecified atom stereocenters.